The molecule has 0 bridgehead atoms. The van der Waals surface area contributed by atoms with Gasteiger partial charge in [0.2, 0.25) is 0 Å². The first-order valence-electron chi connectivity index (χ1n) is 18.7. The third-order valence-corrected chi connectivity index (χ3v) is 10.1. The summed E-state index contributed by atoms with van der Waals surface area (Å²) in [6.45, 7) is 0. The molecule has 0 unspecified atom stereocenters. The lowest BCUT2D eigenvalue weighted by atomic mass is 10.0. The van der Waals surface area contributed by atoms with E-state index >= 15 is 0 Å². The summed E-state index contributed by atoms with van der Waals surface area (Å²) in [5.74, 6) is 1.83. The molecule has 264 valence electrons. The maximum Gasteiger partial charge on any atom is 0.164 e. The molecule has 0 saturated heterocycles. The van der Waals surface area contributed by atoms with Gasteiger partial charge >= 0.3 is 0 Å². The van der Waals surface area contributed by atoms with Crippen molar-refractivity contribution < 1.29 is 4.42 Å². The molecule has 56 heavy (non-hydrogen) atoms. The Morgan fingerprint density at radius 2 is 0.804 bits per heavy atom. The maximum absolute atomic E-state index is 6.56. The van der Waals surface area contributed by atoms with Gasteiger partial charge in [-0.3, -0.25) is 0 Å². The van der Waals surface area contributed by atoms with Gasteiger partial charge in [0.15, 0.2) is 17.5 Å². The SMILES string of the molecule is c1ccc(-c2ccc(N(c3ccc4oc5cc(-c6nc(-c7ccccc7)nc(-c7ccccc7)n6)ccc5c4c3)c3ccccc3-c3ccccc3)cc2)cc1. The summed E-state index contributed by atoms with van der Waals surface area (Å²) in [5.41, 5.74) is 12.1. The molecule has 0 fully saturated rings. The molecule has 2 heterocycles. The van der Waals surface area contributed by atoms with E-state index in [0.29, 0.717) is 17.5 Å². The smallest absolute Gasteiger partial charge is 0.164 e. The molecule has 0 N–H and O–H groups in total. The Hall–Kier alpha value is -7.63. The number of rotatable bonds is 8. The Labute approximate surface area is 324 Å². The van der Waals surface area contributed by atoms with Crippen molar-refractivity contribution in [2.45, 2.75) is 0 Å². The van der Waals surface area contributed by atoms with Crippen LogP contribution in [-0.4, -0.2) is 15.0 Å². The fourth-order valence-electron chi connectivity index (χ4n) is 7.37. The molecule has 0 aliphatic heterocycles. The lowest BCUT2D eigenvalue weighted by molar-refractivity contribution is 0.669. The van der Waals surface area contributed by atoms with E-state index in [2.05, 4.69) is 138 Å². The van der Waals surface area contributed by atoms with Gasteiger partial charge in [-0.25, -0.2) is 15.0 Å². The van der Waals surface area contributed by atoms with E-state index < -0.39 is 0 Å². The molecule has 10 aromatic rings. The van der Waals surface area contributed by atoms with E-state index in [1.165, 1.54) is 11.1 Å². The normalized spacial score (nSPS) is 11.2. The van der Waals surface area contributed by atoms with Gasteiger partial charge in [0, 0.05) is 44.4 Å². The molecule has 8 aromatic carbocycles. The van der Waals surface area contributed by atoms with Gasteiger partial charge in [-0.05, 0) is 65.2 Å². The Bertz CT molecular complexity index is 2890. The van der Waals surface area contributed by atoms with Crippen LogP contribution in [-0.2, 0) is 0 Å². The van der Waals surface area contributed by atoms with Crippen molar-refractivity contribution >= 4 is 39.0 Å². The number of hydrogen-bond donors (Lipinski definition) is 0. The predicted molar refractivity (Wildman–Crippen MR) is 229 cm³/mol. The van der Waals surface area contributed by atoms with E-state index in [-0.39, 0.29) is 0 Å². The molecule has 2 aromatic heterocycles. The second-order valence-corrected chi connectivity index (χ2v) is 13.7. The fourth-order valence-corrected chi connectivity index (χ4v) is 7.37. The van der Waals surface area contributed by atoms with Gasteiger partial charge in [-0.2, -0.15) is 0 Å². The van der Waals surface area contributed by atoms with Crippen LogP contribution in [0.15, 0.2) is 211 Å². The highest BCUT2D eigenvalue weighted by atomic mass is 16.3. The molecule has 0 radical (unpaired) electrons. The van der Waals surface area contributed by atoms with Gasteiger partial charge in [-0.15, -0.1) is 0 Å². The first kappa shape index (κ1) is 33.0. The molecular weight excluding hydrogens is 685 g/mol. The number of furan rings is 1. The number of benzene rings is 8. The van der Waals surface area contributed by atoms with Crippen molar-refractivity contribution in [3.8, 4) is 56.4 Å². The lowest BCUT2D eigenvalue weighted by Crippen LogP contribution is -2.11. The van der Waals surface area contributed by atoms with Crippen LogP contribution < -0.4 is 4.90 Å². The van der Waals surface area contributed by atoms with Gasteiger partial charge in [0.1, 0.15) is 11.2 Å². The van der Waals surface area contributed by atoms with Crippen LogP contribution in [0.4, 0.5) is 17.1 Å². The molecule has 0 amide bonds. The first-order chi connectivity index (χ1) is 27.7. The molecule has 0 aliphatic rings. The van der Waals surface area contributed by atoms with E-state index in [0.717, 1.165) is 66.8 Å². The quantitative estimate of drug-likeness (QED) is 0.157. The van der Waals surface area contributed by atoms with Crippen LogP contribution in [0.2, 0.25) is 0 Å². The third-order valence-electron chi connectivity index (χ3n) is 10.1. The average Bonchev–Trinajstić information content (AvgIpc) is 3.65. The van der Waals surface area contributed by atoms with Crippen molar-refractivity contribution in [1.29, 1.82) is 0 Å². The topological polar surface area (TPSA) is 55.1 Å². The number of anilines is 3. The molecule has 0 spiro atoms. The first-order valence-corrected chi connectivity index (χ1v) is 18.7. The summed E-state index contributed by atoms with van der Waals surface area (Å²) < 4.78 is 6.56. The summed E-state index contributed by atoms with van der Waals surface area (Å²) in [7, 11) is 0. The average molecular weight is 719 g/mol. The molecular formula is C51H34N4O. The molecule has 0 aliphatic carbocycles. The second kappa shape index (κ2) is 14.3. The molecule has 0 saturated carbocycles. The molecule has 5 nitrogen and oxygen atoms in total. The highest BCUT2D eigenvalue weighted by molar-refractivity contribution is 6.07. The zero-order chi connectivity index (χ0) is 37.3. The minimum atomic E-state index is 0.586. The van der Waals surface area contributed by atoms with Crippen LogP contribution >= 0.6 is 0 Å². The van der Waals surface area contributed by atoms with Gasteiger partial charge in [-0.1, -0.05) is 158 Å². The largest absolute Gasteiger partial charge is 0.456 e. The van der Waals surface area contributed by atoms with E-state index in [9.17, 15) is 0 Å². The minimum Gasteiger partial charge on any atom is -0.456 e. The number of para-hydroxylation sites is 1. The van der Waals surface area contributed by atoms with Crippen molar-refractivity contribution in [1.82, 2.24) is 15.0 Å². The Kier molecular flexibility index (Phi) is 8.43. The van der Waals surface area contributed by atoms with Gasteiger partial charge < -0.3 is 9.32 Å². The standard InChI is InChI=1S/C51H34N4O/c1-5-15-35(16-6-1)36-25-28-41(29-26-36)55(46-24-14-13-23-43(46)37-17-7-2-8-18-37)42-30-32-47-45(34-42)44-31-27-40(33-48(44)56-47)51-53-49(38-19-9-3-10-20-38)52-50(54-51)39-21-11-4-12-22-39/h1-34H. The number of fused-ring (bicyclic) bond motifs is 3. The number of aromatic nitrogens is 3. The van der Waals surface area contributed by atoms with Crippen LogP contribution in [0.1, 0.15) is 0 Å². The van der Waals surface area contributed by atoms with Crippen molar-refractivity contribution in [3.63, 3.8) is 0 Å². The zero-order valence-electron chi connectivity index (χ0n) is 30.3. The summed E-state index contributed by atoms with van der Waals surface area (Å²) in [5, 5.41) is 2.04. The summed E-state index contributed by atoms with van der Waals surface area (Å²) >= 11 is 0. The van der Waals surface area contributed by atoms with Crippen LogP contribution in [0, 0.1) is 0 Å². The van der Waals surface area contributed by atoms with Crippen LogP contribution in [0.25, 0.3) is 78.4 Å². The predicted octanol–water partition coefficient (Wildman–Crippen LogP) is 13.6. The van der Waals surface area contributed by atoms with Crippen LogP contribution in [0.3, 0.4) is 0 Å². The van der Waals surface area contributed by atoms with Crippen molar-refractivity contribution in [3.05, 3.63) is 206 Å². The van der Waals surface area contributed by atoms with Crippen molar-refractivity contribution in [2.75, 3.05) is 4.90 Å². The zero-order valence-corrected chi connectivity index (χ0v) is 30.3. The highest BCUT2D eigenvalue weighted by Gasteiger charge is 2.20. The van der Waals surface area contributed by atoms with E-state index in [1.54, 1.807) is 0 Å². The summed E-state index contributed by atoms with van der Waals surface area (Å²) in [6.07, 6.45) is 0. The van der Waals surface area contributed by atoms with Gasteiger partial charge in [0.25, 0.3) is 0 Å². The summed E-state index contributed by atoms with van der Waals surface area (Å²) in [6, 6.07) is 71.2. The van der Waals surface area contributed by atoms with Crippen LogP contribution in [0.5, 0.6) is 0 Å². The maximum atomic E-state index is 6.56. The lowest BCUT2D eigenvalue weighted by Gasteiger charge is -2.28. The molecule has 10 rings (SSSR count). The third kappa shape index (κ3) is 6.27. The highest BCUT2D eigenvalue weighted by Crippen LogP contribution is 2.43. The van der Waals surface area contributed by atoms with E-state index in [1.807, 2.05) is 72.8 Å². The molecule has 5 heteroatoms. The fraction of sp³-hybridized carbons (Fsp3) is 0. The summed E-state index contributed by atoms with van der Waals surface area (Å²) in [4.78, 5) is 17.1. The number of nitrogens with zero attached hydrogens (tertiary/aromatic N) is 4. The Balaban J connectivity index is 1.10. The second-order valence-electron chi connectivity index (χ2n) is 13.7. The number of hydrogen-bond acceptors (Lipinski definition) is 5. The molecule has 0 atom stereocenters. The monoisotopic (exact) mass is 718 g/mol. The Morgan fingerprint density at radius 3 is 1.43 bits per heavy atom. The Morgan fingerprint density at radius 1 is 0.321 bits per heavy atom. The van der Waals surface area contributed by atoms with Crippen molar-refractivity contribution in [2.24, 2.45) is 0 Å². The minimum absolute atomic E-state index is 0.586. The van der Waals surface area contributed by atoms with Gasteiger partial charge in [0.05, 0.1) is 5.69 Å². The van der Waals surface area contributed by atoms with E-state index in [4.69, 9.17) is 19.4 Å².